The van der Waals surface area contributed by atoms with Gasteiger partial charge in [0.2, 0.25) is 0 Å². The number of ether oxygens (including phenoxy) is 1. The summed E-state index contributed by atoms with van der Waals surface area (Å²) < 4.78 is 11.2. The fourth-order valence-electron chi connectivity index (χ4n) is 2.62. The first-order chi connectivity index (χ1) is 11.2. The molecule has 1 aromatic heterocycles. The van der Waals surface area contributed by atoms with Gasteiger partial charge in [-0.2, -0.15) is 0 Å². The maximum absolute atomic E-state index is 9.76. The molecule has 3 aromatic rings. The number of aliphatic hydroxyl groups is 1. The molecule has 5 heteroatoms. The molecule has 0 amide bonds. The monoisotopic (exact) mass is 330 g/mol. The number of hydrogen-bond donors (Lipinski definition) is 2. The van der Waals surface area contributed by atoms with Crippen LogP contribution in [-0.2, 0) is 6.42 Å². The molecule has 1 heterocycles. The number of furan rings is 1. The molecule has 0 saturated heterocycles. The van der Waals surface area contributed by atoms with Crippen LogP contribution < -0.4 is 4.74 Å². The third-order valence-electron chi connectivity index (χ3n) is 3.75. The fraction of sp³-hybridized carbons (Fsp3) is 0.222. The van der Waals surface area contributed by atoms with Crippen molar-refractivity contribution < 1.29 is 19.4 Å². The Morgan fingerprint density at radius 1 is 1.17 bits per heavy atom. The minimum absolute atomic E-state index is 0.100. The minimum Gasteiger partial charge on any atom is -0.504 e. The Morgan fingerprint density at radius 3 is 2.70 bits per heavy atom. The van der Waals surface area contributed by atoms with E-state index in [2.05, 4.69) is 6.07 Å². The standard InChI is InChI=1S/C18H18O4S/c1-21-16-10-12(4-5-14(16)20)17-18(23-2)13-9-11(7-8-19)3-6-15(13)22-17/h3-6,9-10,19-20H,7-8H2,1-2H3. The van der Waals surface area contributed by atoms with Crippen molar-refractivity contribution in [3.05, 3.63) is 42.0 Å². The van der Waals surface area contributed by atoms with E-state index in [9.17, 15) is 5.11 Å². The van der Waals surface area contributed by atoms with Crippen molar-refractivity contribution >= 4 is 22.7 Å². The first kappa shape index (κ1) is 15.8. The summed E-state index contributed by atoms with van der Waals surface area (Å²) in [6, 6.07) is 11.1. The van der Waals surface area contributed by atoms with Crippen LogP contribution in [0.4, 0.5) is 0 Å². The van der Waals surface area contributed by atoms with Crippen molar-refractivity contribution in [2.75, 3.05) is 20.0 Å². The van der Waals surface area contributed by atoms with E-state index in [1.165, 1.54) is 7.11 Å². The van der Waals surface area contributed by atoms with Crippen LogP contribution in [0, 0.1) is 0 Å². The first-order valence-corrected chi connectivity index (χ1v) is 8.48. The van der Waals surface area contributed by atoms with Gasteiger partial charge in [0.05, 0.1) is 12.0 Å². The number of aliphatic hydroxyl groups excluding tert-OH is 1. The molecule has 0 unspecified atom stereocenters. The molecule has 0 fully saturated rings. The van der Waals surface area contributed by atoms with E-state index in [1.54, 1.807) is 23.9 Å². The van der Waals surface area contributed by atoms with E-state index in [-0.39, 0.29) is 12.4 Å². The van der Waals surface area contributed by atoms with E-state index >= 15 is 0 Å². The van der Waals surface area contributed by atoms with Crippen LogP contribution in [0.5, 0.6) is 11.5 Å². The molecule has 4 nitrogen and oxygen atoms in total. The average Bonchev–Trinajstić information content (AvgIpc) is 2.93. The molecular weight excluding hydrogens is 312 g/mol. The Morgan fingerprint density at radius 2 is 2.00 bits per heavy atom. The quantitative estimate of drug-likeness (QED) is 0.691. The van der Waals surface area contributed by atoms with Crippen molar-refractivity contribution in [3.8, 4) is 22.8 Å². The largest absolute Gasteiger partial charge is 0.504 e. The minimum atomic E-state index is 0.100. The maximum Gasteiger partial charge on any atom is 0.161 e. The Balaban J connectivity index is 2.17. The van der Waals surface area contributed by atoms with Gasteiger partial charge in [0.1, 0.15) is 11.3 Å². The Labute approximate surface area is 138 Å². The van der Waals surface area contributed by atoms with Crippen LogP contribution in [0.25, 0.3) is 22.3 Å². The second-order valence-corrected chi connectivity index (χ2v) is 5.97. The van der Waals surface area contributed by atoms with Crippen LogP contribution in [0.3, 0.4) is 0 Å². The molecular formula is C18H18O4S. The number of benzene rings is 2. The molecule has 0 bridgehead atoms. The van der Waals surface area contributed by atoms with Gasteiger partial charge in [0, 0.05) is 17.6 Å². The highest BCUT2D eigenvalue weighted by atomic mass is 32.2. The van der Waals surface area contributed by atoms with E-state index in [0.717, 1.165) is 32.8 Å². The van der Waals surface area contributed by atoms with Gasteiger partial charge in [-0.1, -0.05) is 6.07 Å². The Hall–Kier alpha value is -2.11. The number of phenols is 1. The van der Waals surface area contributed by atoms with E-state index in [1.807, 2.05) is 24.5 Å². The number of methoxy groups -OCH3 is 1. The van der Waals surface area contributed by atoms with Crippen molar-refractivity contribution in [1.82, 2.24) is 0 Å². The van der Waals surface area contributed by atoms with Gasteiger partial charge in [0.25, 0.3) is 0 Å². The van der Waals surface area contributed by atoms with Gasteiger partial charge < -0.3 is 19.4 Å². The number of phenolic OH excluding ortho intramolecular Hbond substituents is 1. The SMILES string of the molecule is COc1cc(-c2oc3ccc(CCO)cc3c2SC)ccc1O. The van der Waals surface area contributed by atoms with Crippen molar-refractivity contribution in [1.29, 1.82) is 0 Å². The smallest absolute Gasteiger partial charge is 0.161 e. The lowest BCUT2D eigenvalue weighted by atomic mass is 10.1. The van der Waals surface area contributed by atoms with Gasteiger partial charge in [-0.05, 0) is 48.6 Å². The third-order valence-corrected chi connectivity index (χ3v) is 4.57. The summed E-state index contributed by atoms with van der Waals surface area (Å²) in [5, 5.41) is 19.9. The first-order valence-electron chi connectivity index (χ1n) is 7.25. The summed E-state index contributed by atoms with van der Waals surface area (Å²) in [4.78, 5) is 1.03. The zero-order valence-corrected chi connectivity index (χ0v) is 13.8. The van der Waals surface area contributed by atoms with Crippen molar-refractivity contribution in [2.24, 2.45) is 0 Å². The maximum atomic E-state index is 9.76. The highest BCUT2D eigenvalue weighted by Gasteiger charge is 2.17. The van der Waals surface area contributed by atoms with Crippen LogP contribution >= 0.6 is 11.8 Å². The van der Waals surface area contributed by atoms with Gasteiger partial charge in [-0.25, -0.2) is 0 Å². The summed E-state index contributed by atoms with van der Waals surface area (Å²) in [7, 11) is 1.52. The molecule has 3 rings (SSSR count). The molecule has 2 N–H and O–H groups in total. The lowest BCUT2D eigenvalue weighted by molar-refractivity contribution is 0.299. The van der Waals surface area contributed by atoms with E-state index in [4.69, 9.17) is 14.3 Å². The molecule has 0 aliphatic rings. The van der Waals surface area contributed by atoms with Crippen molar-refractivity contribution in [2.45, 2.75) is 11.3 Å². The van der Waals surface area contributed by atoms with Gasteiger partial charge in [-0.3, -0.25) is 0 Å². The van der Waals surface area contributed by atoms with E-state index in [0.29, 0.717) is 12.2 Å². The fourth-order valence-corrected chi connectivity index (χ4v) is 3.34. The second kappa shape index (κ2) is 6.56. The number of aromatic hydroxyl groups is 1. The zero-order chi connectivity index (χ0) is 16.4. The molecule has 0 spiro atoms. The Kier molecular flexibility index (Phi) is 4.50. The third kappa shape index (κ3) is 2.90. The van der Waals surface area contributed by atoms with Crippen LogP contribution in [0.1, 0.15) is 5.56 Å². The summed E-state index contributed by atoms with van der Waals surface area (Å²) in [5.74, 6) is 1.27. The molecule has 0 radical (unpaired) electrons. The summed E-state index contributed by atoms with van der Waals surface area (Å²) >= 11 is 1.61. The number of hydrogen-bond acceptors (Lipinski definition) is 5. The topological polar surface area (TPSA) is 62.8 Å². The van der Waals surface area contributed by atoms with Gasteiger partial charge in [-0.15, -0.1) is 11.8 Å². The lowest BCUT2D eigenvalue weighted by Gasteiger charge is -2.06. The predicted octanol–water partition coefficient (Wildman–Crippen LogP) is 4.07. The molecule has 23 heavy (non-hydrogen) atoms. The number of fused-ring (bicyclic) bond motifs is 1. The summed E-state index contributed by atoms with van der Waals surface area (Å²) in [6.45, 7) is 0.125. The predicted molar refractivity (Wildman–Crippen MR) is 92.4 cm³/mol. The molecule has 0 aliphatic carbocycles. The summed E-state index contributed by atoms with van der Waals surface area (Å²) in [5.41, 5.74) is 2.73. The van der Waals surface area contributed by atoms with Crippen LogP contribution in [0.15, 0.2) is 45.7 Å². The molecule has 0 atom stereocenters. The highest BCUT2D eigenvalue weighted by molar-refractivity contribution is 7.99. The molecule has 0 aliphatic heterocycles. The highest BCUT2D eigenvalue weighted by Crippen LogP contribution is 2.41. The average molecular weight is 330 g/mol. The van der Waals surface area contributed by atoms with Crippen LogP contribution in [0.2, 0.25) is 0 Å². The molecule has 2 aromatic carbocycles. The van der Waals surface area contributed by atoms with Crippen LogP contribution in [-0.4, -0.2) is 30.2 Å². The summed E-state index contributed by atoms with van der Waals surface area (Å²) in [6.07, 6.45) is 2.63. The number of rotatable bonds is 5. The zero-order valence-electron chi connectivity index (χ0n) is 13.0. The molecule has 0 saturated carbocycles. The molecule has 120 valence electrons. The van der Waals surface area contributed by atoms with Gasteiger partial charge in [0.15, 0.2) is 11.5 Å². The second-order valence-electron chi connectivity index (χ2n) is 5.16. The lowest BCUT2D eigenvalue weighted by Crippen LogP contribution is -1.89. The van der Waals surface area contributed by atoms with Crippen molar-refractivity contribution in [3.63, 3.8) is 0 Å². The van der Waals surface area contributed by atoms with E-state index < -0.39 is 0 Å². The normalized spacial score (nSPS) is 11.1. The number of thioether (sulfide) groups is 1. The van der Waals surface area contributed by atoms with Gasteiger partial charge >= 0.3 is 0 Å². The Bertz CT molecular complexity index is 838.